The fraction of sp³-hybridized carbons (Fsp3) is 0.333. The predicted octanol–water partition coefficient (Wildman–Crippen LogP) is 5.06. The van der Waals surface area contributed by atoms with E-state index in [0.717, 1.165) is 24.0 Å². The number of phenols is 2. The average Bonchev–Trinajstić information content (AvgIpc) is 2.50. The van der Waals surface area contributed by atoms with E-state index < -0.39 is 11.6 Å². The van der Waals surface area contributed by atoms with Gasteiger partial charge >= 0.3 is 0 Å². The van der Waals surface area contributed by atoms with Crippen molar-refractivity contribution < 1.29 is 19.0 Å². The summed E-state index contributed by atoms with van der Waals surface area (Å²) >= 11 is 0. The van der Waals surface area contributed by atoms with Gasteiger partial charge in [0.1, 0.15) is 0 Å². The first kappa shape index (κ1) is 16.3. The lowest BCUT2D eigenvalue weighted by Crippen LogP contribution is -2.10. The Morgan fingerprint density at radius 2 is 1.14 bits per heavy atom. The molecule has 0 fully saturated rings. The molecule has 0 amide bonds. The molecule has 2 nitrogen and oxygen atoms in total. The van der Waals surface area contributed by atoms with Gasteiger partial charge in [-0.05, 0) is 60.1 Å². The van der Waals surface area contributed by atoms with Crippen molar-refractivity contribution in [2.45, 2.75) is 38.5 Å². The Morgan fingerprint density at radius 1 is 0.773 bits per heavy atom. The van der Waals surface area contributed by atoms with E-state index in [1.165, 1.54) is 24.3 Å². The first-order valence-electron chi connectivity index (χ1n) is 7.44. The quantitative estimate of drug-likeness (QED) is 0.810. The zero-order valence-corrected chi connectivity index (χ0v) is 12.7. The average molecular weight is 306 g/mol. The van der Waals surface area contributed by atoms with Crippen LogP contribution in [-0.2, 0) is 0 Å². The summed E-state index contributed by atoms with van der Waals surface area (Å²) in [6, 6.07) is 8.71. The Kier molecular flexibility index (Phi) is 5.01. The van der Waals surface area contributed by atoms with Crippen molar-refractivity contribution in [3.8, 4) is 11.5 Å². The van der Waals surface area contributed by atoms with Crippen LogP contribution < -0.4 is 0 Å². The fourth-order valence-corrected chi connectivity index (χ4v) is 3.03. The van der Waals surface area contributed by atoms with Crippen molar-refractivity contribution in [3.05, 3.63) is 59.2 Å². The fourth-order valence-electron chi connectivity index (χ4n) is 3.03. The van der Waals surface area contributed by atoms with Crippen molar-refractivity contribution in [1.29, 1.82) is 0 Å². The Balaban J connectivity index is 2.41. The van der Waals surface area contributed by atoms with Crippen molar-refractivity contribution in [2.24, 2.45) is 0 Å². The molecule has 4 heteroatoms. The molecule has 2 aromatic rings. The maximum atomic E-state index is 13.2. The third-order valence-electron chi connectivity index (χ3n) is 4.16. The number of aromatic hydroxyl groups is 2. The standard InChI is InChI=1S/C18H20F2O2/c1-3-13(11-5-7-15(19)17(21)9-11)14(4-2)12-6-8-16(20)18(22)10-12/h5-10,13-14,21-22H,3-4H2,1-2H3/t13-,14+. The Labute approximate surface area is 129 Å². The van der Waals surface area contributed by atoms with Crippen LogP contribution in [0.15, 0.2) is 36.4 Å². The summed E-state index contributed by atoms with van der Waals surface area (Å²) in [6.45, 7) is 4.02. The molecule has 0 radical (unpaired) electrons. The lowest BCUT2D eigenvalue weighted by Gasteiger charge is -2.26. The third kappa shape index (κ3) is 3.21. The highest BCUT2D eigenvalue weighted by Gasteiger charge is 2.23. The van der Waals surface area contributed by atoms with Crippen molar-refractivity contribution in [2.75, 3.05) is 0 Å². The smallest absolute Gasteiger partial charge is 0.164 e. The van der Waals surface area contributed by atoms with Crippen LogP contribution in [0.5, 0.6) is 11.5 Å². The molecule has 118 valence electrons. The molecule has 0 aliphatic heterocycles. The number of halogens is 2. The van der Waals surface area contributed by atoms with Gasteiger partial charge in [0.15, 0.2) is 23.1 Å². The van der Waals surface area contributed by atoms with Gasteiger partial charge in [-0.3, -0.25) is 0 Å². The first-order valence-corrected chi connectivity index (χ1v) is 7.44. The normalized spacial score (nSPS) is 13.8. The highest BCUT2D eigenvalue weighted by molar-refractivity contribution is 5.37. The summed E-state index contributed by atoms with van der Waals surface area (Å²) in [5, 5.41) is 19.2. The Bertz CT molecular complexity index is 598. The summed E-state index contributed by atoms with van der Waals surface area (Å²) in [5.41, 5.74) is 1.66. The lowest BCUT2D eigenvalue weighted by molar-refractivity contribution is 0.424. The molecule has 0 bridgehead atoms. The molecule has 2 aromatic carbocycles. The second kappa shape index (κ2) is 6.77. The number of phenolic OH excluding ortho intramolecular Hbond substituents is 2. The molecule has 0 aromatic heterocycles. The van der Waals surface area contributed by atoms with Gasteiger partial charge in [0.2, 0.25) is 0 Å². The van der Waals surface area contributed by atoms with E-state index in [4.69, 9.17) is 0 Å². The van der Waals surface area contributed by atoms with E-state index in [0.29, 0.717) is 0 Å². The van der Waals surface area contributed by atoms with Crippen LogP contribution in [-0.4, -0.2) is 10.2 Å². The molecule has 0 saturated heterocycles. The predicted molar refractivity (Wildman–Crippen MR) is 82.2 cm³/mol. The summed E-state index contributed by atoms with van der Waals surface area (Å²) in [5.74, 6) is -1.94. The zero-order chi connectivity index (χ0) is 16.3. The van der Waals surface area contributed by atoms with E-state index in [1.807, 2.05) is 13.8 Å². The topological polar surface area (TPSA) is 40.5 Å². The highest BCUT2D eigenvalue weighted by atomic mass is 19.1. The summed E-state index contributed by atoms with van der Waals surface area (Å²) in [4.78, 5) is 0. The summed E-state index contributed by atoms with van der Waals surface area (Å²) in [7, 11) is 0. The van der Waals surface area contributed by atoms with Crippen LogP contribution in [0.25, 0.3) is 0 Å². The van der Waals surface area contributed by atoms with Crippen LogP contribution in [0.4, 0.5) is 8.78 Å². The maximum Gasteiger partial charge on any atom is 0.164 e. The van der Waals surface area contributed by atoms with Crippen LogP contribution >= 0.6 is 0 Å². The molecule has 2 N–H and O–H groups in total. The molecule has 0 aliphatic rings. The molecule has 0 saturated carbocycles. The maximum absolute atomic E-state index is 13.2. The van der Waals surface area contributed by atoms with Gasteiger partial charge in [0.25, 0.3) is 0 Å². The molecule has 0 spiro atoms. The number of benzene rings is 2. The van der Waals surface area contributed by atoms with Gasteiger partial charge in [0.05, 0.1) is 0 Å². The zero-order valence-electron chi connectivity index (χ0n) is 12.7. The van der Waals surface area contributed by atoms with Gasteiger partial charge in [-0.1, -0.05) is 26.0 Å². The highest BCUT2D eigenvalue weighted by Crippen LogP contribution is 2.40. The van der Waals surface area contributed by atoms with Gasteiger partial charge in [-0.15, -0.1) is 0 Å². The summed E-state index contributed by atoms with van der Waals surface area (Å²) < 4.78 is 26.5. The minimum Gasteiger partial charge on any atom is -0.505 e. The molecule has 0 unspecified atom stereocenters. The monoisotopic (exact) mass is 306 g/mol. The van der Waals surface area contributed by atoms with Crippen LogP contribution in [0.1, 0.15) is 49.7 Å². The van der Waals surface area contributed by atoms with Gasteiger partial charge in [0, 0.05) is 0 Å². The van der Waals surface area contributed by atoms with E-state index in [-0.39, 0.29) is 23.3 Å². The SMILES string of the molecule is CC[C@H](c1ccc(F)c(O)c1)[C@@H](CC)c1ccc(F)c(O)c1. The van der Waals surface area contributed by atoms with Crippen LogP contribution in [0, 0.1) is 11.6 Å². The van der Waals surface area contributed by atoms with Crippen LogP contribution in [0.2, 0.25) is 0 Å². The molecule has 2 rings (SSSR count). The molecule has 0 heterocycles. The first-order chi connectivity index (χ1) is 10.5. The molecular formula is C18H20F2O2. The van der Waals surface area contributed by atoms with E-state index >= 15 is 0 Å². The molecule has 22 heavy (non-hydrogen) atoms. The minimum atomic E-state index is -0.647. The lowest BCUT2D eigenvalue weighted by atomic mass is 9.78. The van der Waals surface area contributed by atoms with Crippen LogP contribution in [0.3, 0.4) is 0 Å². The van der Waals surface area contributed by atoms with E-state index in [9.17, 15) is 19.0 Å². The Hall–Kier alpha value is -2.10. The number of rotatable bonds is 5. The van der Waals surface area contributed by atoms with Gasteiger partial charge in [-0.2, -0.15) is 0 Å². The second-order valence-electron chi connectivity index (χ2n) is 5.45. The van der Waals surface area contributed by atoms with Gasteiger partial charge in [-0.25, -0.2) is 8.78 Å². The second-order valence-corrected chi connectivity index (χ2v) is 5.45. The van der Waals surface area contributed by atoms with Gasteiger partial charge < -0.3 is 10.2 Å². The van der Waals surface area contributed by atoms with Crippen molar-refractivity contribution >= 4 is 0 Å². The Morgan fingerprint density at radius 3 is 1.41 bits per heavy atom. The van der Waals surface area contributed by atoms with E-state index in [2.05, 4.69) is 0 Å². The molecular weight excluding hydrogens is 286 g/mol. The minimum absolute atomic E-state index is 0.0429. The van der Waals surface area contributed by atoms with Crippen molar-refractivity contribution in [3.63, 3.8) is 0 Å². The third-order valence-corrected chi connectivity index (χ3v) is 4.16. The van der Waals surface area contributed by atoms with Crippen molar-refractivity contribution in [1.82, 2.24) is 0 Å². The largest absolute Gasteiger partial charge is 0.505 e. The molecule has 0 aliphatic carbocycles. The number of hydrogen-bond acceptors (Lipinski definition) is 2. The number of hydrogen-bond donors (Lipinski definition) is 2. The summed E-state index contributed by atoms with van der Waals surface area (Å²) in [6.07, 6.45) is 1.56. The molecule has 2 atom stereocenters. The van der Waals surface area contributed by atoms with E-state index in [1.54, 1.807) is 12.1 Å².